The maximum atomic E-state index is 13.8. The molecule has 5 rings (SSSR count). The molecule has 3 heterocycles. The standard InChI is InChI=1S/C30H23F3N6O2S2/c1-17-24(15-38(2)37-17)39-28(40)23(35-29(39)42)12-18-9-10-25(41-3)20(11-18)16-43-27-22(14-34)21(19-7-5-4-6-8-19)13-26(36-27)30(31,32)33/h4-13,15H,16H2,1-3H3,(H,35,42)/b23-12+. The van der Waals surface area contributed by atoms with Gasteiger partial charge >= 0.3 is 6.18 Å². The van der Waals surface area contributed by atoms with E-state index in [1.54, 1.807) is 79.5 Å². The SMILES string of the molecule is COc1ccc(/C=C2/NC(=S)N(c3cn(C)nc3C)C2=O)cc1CSc1nc(C(F)(F)F)cc(-c2ccccc2)c1C#N. The molecule has 13 heteroatoms. The predicted molar refractivity (Wildman–Crippen MR) is 161 cm³/mol. The summed E-state index contributed by atoms with van der Waals surface area (Å²) in [4.78, 5) is 18.4. The highest BCUT2D eigenvalue weighted by molar-refractivity contribution is 7.98. The third-order valence-electron chi connectivity index (χ3n) is 6.56. The Hall–Kier alpha value is -4.67. The molecule has 0 atom stereocenters. The van der Waals surface area contributed by atoms with Crippen LogP contribution in [0.3, 0.4) is 0 Å². The molecule has 4 aromatic rings. The summed E-state index contributed by atoms with van der Waals surface area (Å²) in [6.45, 7) is 1.78. The molecule has 1 saturated heterocycles. The quantitative estimate of drug-likeness (QED) is 0.147. The molecule has 1 amide bonds. The van der Waals surface area contributed by atoms with Gasteiger partial charge in [0.15, 0.2) is 5.11 Å². The van der Waals surface area contributed by atoms with Crippen LogP contribution in [0.25, 0.3) is 17.2 Å². The Morgan fingerprint density at radius 1 is 1.19 bits per heavy atom. The van der Waals surface area contributed by atoms with E-state index in [1.807, 2.05) is 6.07 Å². The van der Waals surface area contributed by atoms with Crippen LogP contribution in [0.15, 0.2) is 71.5 Å². The van der Waals surface area contributed by atoms with Gasteiger partial charge in [-0.3, -0.25) is 9.48 Å². The number of ether oxygens (including phenoxy) is 1. The molecule has 43 heavy (non-hydrogen) atoms. The second kappa shape index (κ2) is 11.9. The molecular formula is C30H23F3N6O2S2. The van der Waals surface area contributed by atoms with Crippen LogP contribution in [0.1, 0.15) is 28.1 Å². The minimum absolute atomic E-state index is 0.0430. The first kappa shape index (κ1) is 29.8. The molecule has 0 unspecified atom stereocenters. The lowest BCUT2D eigenvalue weighted by atomic mass is 10.0. The number of thioether (sulfide) groups is 1. The number of nitrogens with one attached hydrogen (secondary N) is 1. The number of amides is 1. The summed E-state index contributed by atoms with van der Waals surface area (Å²) >= 11 is 6.40. The Balaban J connectivity index is 1.47. The van der Waals surface area contributed by atoms with Gasteiger partial charge in [-0.25, -0.2) is 9.88 Å². The van der Waals surface area contributed by atoms with Gasteiger partial charge in [0.1, 0.15) is 28.2 Å². The number of hydrogen-bond donors (Lipinski definition) is 1. The Morgan fingerprint density at radius 3 is 2.56 bits per heavy atom. The van der Waals surface area contributed by atoms with Gasteiger partial charge in [-0.05, 0) is 54.5 Å². The summed E-state index contributed by atoms with van der Waals surface area (Å²) in [5.41, 5.74) is 2.28. The Kier molecular flexibility index (Phi) is 8.25. The number of anilines is 1. The predicted octanol–water partition coefficient (Wildman–Crippen LogP) is 6.24. The summed E-state index contributed by atoms with van der Waals surface area (Å²) in [5, 5.41) is 17.3. The van der Waals surface area contributed by atoms with Crippen LogP contribution in [0.2, 0.25) is 0 Å². The van der Waals surface area contributed by atoms with Gasteiger partial charge in [0, 0.05) is 30.1 Å². The molecular weight excluding hydrogens is 597 g/mol. The number of rotatable bonds is 7. The molecule has 0 bridgehead atoms. The number of aromatic nitrogens is 3. The summed E-state index contributed by atoms with van der Waals surface area (Å²) in [5.74, 6) is 0.267. The number of halogens is 3. The van der Waals surface area contributed by atoms with Gasteiger partial charge in [-0.2, -0.15) is 23.5 Å². The topological polar surface area (TPSA) is 96.1 Å². The molecule has 0 aliphatic carbocycles. The second-order valence-corrected chi connectivity index (χ2v) is 10.8. The van der Waals surface area contributed by atoms with E-state index in [-0.39, 0.29) is 38.6 Å². The first-order valence-corrected chi connectivity index (χ1v) is 14.1. The van der Waals surface area contributed by atoms with Gasteiger partial charge < -0.3 is 10.1 Å². The Bertz CT molecular complexity index is 1810. The van der Waals surface area contributed by atoms with Crippen LogP contribution < -0.4 is 15.0 Å². The highest BCUT2D eigenvalue weighted by Crippen LogP contribution is 2.38. The number of pyridine rings is 1. The number of alkyl halides is 3. The number of methoxy groups -OCH3 is 1. The van der Waals surface area contributed by atoms with Gasteiger partial charge in [-0.1, -0.05) is 36.4 Å². The average molecular weight is 621 g/mol. The number of carbonyl (C=O) groups excluding carboxylic acids is 1. The molecule has 1 aliphatic heterocycles. The maximum Gasteiger partial charge on any atom is 0.433 e. The van der Waals surface area contributed by atoms with Crippen LogP contribution in [0.4, 0.5) is 18.9 Å². The number of carbonyl (C=O) groups is 1. The molecule has 1 N–H and O–H groups in total. The molecule has 2 aromatic heterocycles. The van der Waals surface area contributed by atoms with Crippen LogP contribution in [0, 0.1) is 18.3 Å². The highest BCUT2D eigenvalue weighted by atomic mass is 32.2. The largest absolute Gasteiger partial charge is 0.496 e. The molecule has 0 radical (unpaired) electrons. The molecule has 0 saturated carbocycles. The number of nitriles is 1. The highest BCUT2D eigenvalue weighted by Gasteiger charge is 2.35. The molecule has 1 aliphatic rings. The van der Waals surface area contributed by atoms with E-state index < -0.39 is 11.9 Å². The van der Waals surface area contributed by atoms with Crippen LogP contribution in [0.5, 0.6) is 5.75 Å². The van der Waals surface area contributed by atoms with E-state index in [0.29, 0.717) is 33.8 Å². The van der Waals surface area contributed by atoms with Gasteiger partial charge in [0.25, 0.3) is 5.91 Å². The number of benzene rings is 2. The lowest BCUT2D eigenvalue weighted by molar-refractivity contribution is -0.141. The van der Waals surface area contributed by atoms with E-state index in [0.717, 1.165) is 17.8 Å². The third kappa shape index (κ3) is 6.11. The van der Waals surface area contributed by atoms with Crippen molar-refractivity contribution in [1.29, 1.82) is 5.26 Å². The zero-order chi connectivity index (χ0) is 30.9. The van der Waals surface area contributed by atoms with Crippen molar-refractivity contribution in [3.8, 4) is 22.9 Å². The van der Waals surface area contributed by atoms with Gasteiger partial charge in [0.2, 0.25) is 0 Å². The van der Waals surface area contributed by atoms with Crippen molar-refractivity contribution in [3.05, 3.63) is 94.6 Å². The zero-order valence-electron chi connectivity index (χ0n) is 23.1. The zero-order valence-corrected chi connectivity index (χ0v) is 24.7. The number of hydrogen-bond acceptors (Lipinski definition) is 7. The van der Waals surface area contributed by atoms with E-state index in [2.05, 4.69) is 15.4 Å². The van der Waals surface area contributed by atoms with Crippen molar-refractivity contribution in [1.82, 2.24) is 20.1 Å². The van der Waals surface area contributed by atoms with E-state index >= 15 is 0 Å². The maximum absolute atomic E-state index is 13.8. The van der Waals surface area contributed by atoms with Crippen molar-refractivity contribution in [2.75, 3.05) is 12.0 Å². The molecule has 2 aromatic carbocycles. The Labute approximate surface area is 254 Å². The summed E-state index contributed by atoms with van der Waals surface area (Å²) in [6.07, 6.45) is -1.38. The molecule has 218 valence electrons. The van der Waals surface area contributed by atoms with Crippen LogP contribution in [-0.4, -0.2) is 32.9 Å². The minimum Gasteiger partial charge on any atom is -0.496 e. The van der Waals surface area contributed by atoms with E-state index in [4.69, 9.17) is 17.0 Å². The lowest BCUT2D eigenvalue weighted by Gasteiger charge is -2.15. The van der Waals surface area contributed by atoms with Crippen molar-refractivity contribution >= 4 is 46.8 Å². The van der Waals surface area contributed by atoms with Crippen LogP contribution in [-0.2, 0) is 23.8 Å². The van der Waals surface area contributed by atoms with Crippen LogP contribution >= 0.6 is 24.0 Å². The second-order valence-electron chi connectivity index (χ2n) is 9.47. The van der Waals surface area contributed by atoms with Crippen molar-refractivity contribution in [2.45, 2.75) is 23.9 Å². The normalized spacial score (nSPS) is 14.3. The lowest BCUT2D eigenvalue weighted by Crippen LogP contribution is -2.30. The van der Waals surface area contributed by atoms with Crippen molar-refractivity contribution < 1.29 is 22.7 Å². The van der Waals surface area contributed by atoms with Gasteiger partial charge in [-0.15, -0.1) is 11.8 Å². The number of thiocarbonyl (C=S) groups is 1. The monoisotopic (exact) mass is 620 g/mol. The average Bonchev–Trinajstić information content (AvgIpc) is 3.45. The number of nitrogens with zero attached hydrogens (tertiary/aromatic N) is 5. The summed E-state index contributed by atoms with van der Waals surface area (Å²) in [6, 6.07) is 16.5. The molecule has 1 fully saturated rings. The fourth-order valence-electron chi connectivity index (χ4n) is 4.60. The third-order valence-corrected chi connectivity index (χ3v) is 7.87. The minimum atomic E-state index is -4.71. The summed E-state index contributed by atoms with van der Waals surface area (Å²) in [7, 11) is 3.23. The smallest absolute Gasteiger partial charge is 0.433 e. The van der Waals surface area contributed by atoms with Crippen molar-refractivity contribution in [3.63, 3.8) is 0 Å². The number of aryl methyl sites for hydroxylation is 2. The Morgan fingerprint density at radius 2 is 1.93 bits per heavy atom. The molecule has 8 nitrogen and oxygen atoms in total. The fraction of sp³-hybridized carbons (Fsp3) is 0.167. The van der Waals surface area contributed by atoms with E-state index in [1.165, 1.54) is 12.0 Å². The van der Waals surface area contributed by atoms with E-state index in [9.17, 15) is 23.2 Å². The fourth-order valence-corrected chi connectivity index (χ4v) is 5.87. The summed E-state index contributed by atoms with van der Waals surface area (Å²) < 4.78 is 48.5. The first-order valence-electron chi connectivity index (χ1n) is 12.7. The van der Waals surface area contributed by atoms with Crippen molar-refractivity contribution in [2.24, 2.45) is 7.05 Å². The first-order chi connectivity index (χ1) is 20.5. The molecule has 0 spiro atoms. The van der Waals surface area contributed by atoms with Gasteiger partial charge in [0.05, 0.1) is 24.1 Å².